The smallest absolute Gasteiger partial charge is 0.329 e. The largest absolute Gasteiger partial charge is 0.496 e. The standard InChI is InChI=1S/C23H24N4O4/c1-31-21-9-3-15(10-18(21)22(25)29)13-26-20-11-14(12-24)2-8-19(20)27(23(26)30)16-4-6-17(28)7-5-16/h2-3,8-11,16-17,28H,4-7,13H2,1H3,(H2,25,29). The van der Waals surface area contributed by atoms with E-state index in [1.165, 1.54) is 7.11 Å². The van der Waals surface area contributed by atoms with Crippen molar-refractivity contribution < 1.29 is 14.6 Å². The molecule has 0 aliphatic heterocycles. The molecular weight excluding hydrogens is 396 g/mol. The molecule has 1 aromatic heterocycles. The van der Waals surface area contributed by atoms with Crippen LogP contribution in [0.2, 0.25) is 0 Å². The summed E-state index contributed by atoms with van der Waals surface area (Å²) in [6.07, 6.45) is 2.42. The fraction of sp³-hybridized carbons (Fsp3) is 0.348. The molecule has 8 nitrogen and oxygen atoms in total. The predicted octanol–water partition coefficient (Wildman–Crippen LogP) is 2.31. The first-order chi connectivity index (χ1) is 14.9. The minimum Gasteiger partial charge on any atom is -0.496 e. The van der Waals surface area contributed by atoms with Crippen LogP contribution >= 0.6 is 0 Å². The Labute approximate surface area is 179 Å². The number of carbonyl (C=O) groups is 1. The minimum absolute atomic E-state index is 0.00960. The molecule has 31 heavy (non-hydrogen) atoms. The monoisotopic (exact) mass is 420 g/mol. The number of nitriles is 1. The van der Waals surface area contributed by atoms with Gasteiger partial charge in [0.25, 0.3) is 5.91 Å². The van der Waals surface area contributed by atoms with E-state index in [1.807, 2.05) is 0 Å². The molecule has 0 radical (unpaired) electrons. The Morgan fingerprint density at radius 2 is 1.94 bits per heavy atom. The third-order valence-electron chi connectivity index (χ3n) is 5.99. The molecule has 8 heteroatoms. The molecule has 3 aromatic rings. The number of aliphatic hydroxyl groups excluding tert-OH is 1. The third kappa shape index (κ3) is 3.80. The highest BCUT2D eigenvalue weighted by Gasteiger charge is 2.26. The number of fused-ring (bicyclic) bond motifs is 1. The van der Waals surface area contributed by atoms with E-state index in [2.05, 4.69) is 6.07 Å². The Bertz CT molecular complexity index is 1240. The lowest BCUT2D eigenvalue weighted by atomic mass is 9.93. The molecule has 1 aliphatic carbocycles. The van der Waals surface area contributed by atoms with Gasteiger partial charge in [-0.05, 0) is 61.6 Å². The summed E-state index contributed by atoms with van der Waals surface area (Å²) in [6, 6.07) is 12.4. The maximum atomic E-state index is 13.5. The number of carbonyl (C=O) groups excluding carboxylic acids is 1. The first-order valence-corrected chi connectivity index (χ1v) is 10.2. The molecule has 3 N–H and O–H groups in total. The topological polar surface area (TPSA) is 123 Å². The number of aromatic nitrogens is 2. The number of benzene rings is 2. The van der Waals surface area contributed by atoms with Gasteiger partial charge in [-0.2, -0.15) is 5.26 Å². The van der Waals surface area contributed by atoms with E-state index in [1.54, 1.807) is 45.5 Å². The van der Waals surface area contributed by atoms with Crippen LogP contribution in [0.25, 0.3) is 11.0 Å². The summed E-state index contributed by atoms with van der Waals surface area (Å²) < 4.78 is 8.60. The lowest BCUT2D eigenvalue weighted by Crippen LogP contribution is -2.31. The summed E-state index contributed by atoms with van der Waals surface area (Å²) in [5.74, 6) is -0.237. The van der Waals surface area contributed by atoms with Crippen molar-refractivity contribution in [2.45, 2.75) is 44.4 Å². The lowest BCUT2D eigenvalue weighted by Gasteiger charge is -2.26. The number of imidazole rings is 1. The molecule has 0 bridgehead atoms. The van der Waals surface area contributed by atoms with Crippen molar-refractivity contribution in [3.05, 3.63) is 63.6 Å². The van der Waals surface area contributed by atoms with Crippen molar-refractivity contribution in [1.29, 1.82) is 5.26 Å². The van der Waals surface area contributed by atoms with Crippen molar-refractivity contribution in [2.24, 2.45) is 5.73 Å². The number of nitrogens with zero attached hydrogens (tertiary/aromatic N) is 3. The Hall–Kier alpha value is -3.57. The van der Waals surface area contributed by atoms with Crippen molar-refractivity contribution in [3.8, 4) is 11.8 Å². The van der Waals surface area contributed by atoms with Crippen LogP contribution in [0.4, 0.5) is 0 Å². The number of amides is 1. The van der Waals surface area contributed by atoms with Crippen LogP contribution in [0.1, 0.15) is 53.2 Å². The summed E-state index contributed by atoms with van der Waals surface area (Å²) in [5.41, 5.74) is 8.14. The number of methoxy groups -OCH3 is 1. The van der Waals surface area contributed by atoms with Crippen LogP contribution in [-0.2, 0) is 6.54 Å². The minimum atomic E-state index is -0.610. The number of rotatable bonds is 5. The van der Waals surface area contributed by atoms with Gasteiger partial charge in [0.2, 0.25) is 0 Å². The number of ether oxygens (including phenoxy) is 1. The normalized spacial score (nSPS) is 18.6. The molecule has 160 valence electrons. The SMILES string of the molecule is COc1ccc(Cn2c(=O)n(C3CCC(O)CC3)c3ccc(C#N)cc32)cc1C(N)=O. The fourth-order valence-corrected chi connectivity index (χ4v) is 4.40. The summed E-state index contributed by atoms with van der Waals surface area (Å²) in [5, 5.41) is 19.2. The Kier molecular flexibility index (Phi) is 5.53. The van der Waals surface area contributed by atoms with Crippen LogP contribution in [0.3, 0.4) is 0 Å². The lowest BCUT2D eigenvalue weighted by molar-refractivity contribution is 0.0997. The van der Waals surface area contributed by atoms with E-state index in [0.717, 1.165) is 11.1 Å². The van der Waals surface area contributed by atoms with Crippen molar-refractivity contribution in [1.82, 2.24) is 9.13 Å². The number of nitrogens with two attached hydrogens (primary N) is 1. The predicted molar refractivity (Wildman–Crippen MR) is 115 cm³/mol. The molecule has 0 saturated heterocycles. The molecule has 1 fully saturated rings. The van der Waals surface area contributed by atoms with Crippen LogP contribution in [0.5, 0.6) is 5.75 Å². The van der Waals surface area contributed by atoms with Gasteiger partial charge in [0.05, 0.1) is 48.0 Å². The quantitative estimate of drug-likeness (QED) is 0.656. The highest BCUT2D eigenvalue weighted by atomic mass is 16.5. The molecule has 0 atom stereocenters. The zero-order valence-electron chi connectivity index (χ0n) is 17.2. The Morgan fingerprint density at radius 3 is 2.58 bits per heavy atom. The highest BCUT2D eigenvalue weighted by molar-refractivity contribution is 5.95. The van der Waals surface area contributed by atoms with Gasteiger partial charge < -0.3 is 15.6 Å². The second kappa shape index (κ2) is 8.28. The van der Waals surface area contributed by atoms with Crippen LogP contribution in [-0.4, -0.2) is 33.4 Å². The summed E-state index contributed by atoms with van der Waals surface area (Å²) in [7, 11) is 1.46. The molecule has 4 rings (SSSR count). The van der Waals surface area contributed by atoms with E-state index in [4.69, 9.17) is 10.5 Å². The van der Waals surface area contributed by atoms with Gasteiger partial charge in [0.15, 0.2) is 0 Å². The molecule has 1 amide bonds. The zero-order valence-corrected chi connectivity index (χ0v) is 17.2. The summed E-state index contributed by atoms with van der Waals surface area (Å²) >= 11 is 0. The first-order valence-electron chi connectivity index (χ1n) is 10.2. The van der Waals surface area contributed by atoms with E-state index in [9.17, 15) is 20.0 Å². The maximum absolute atomic E-state index is 13.5. The average molecular weight is 420 g/mol. The second-order valence-corrected chi connectivity index (χ2v) is 7.92. The average Bonchev–Trinajstić information content (AvgIpc) is 3.05. The van der Waals surface area contributed by atoms with Crippen LogP contribution < -0.4 is 16.2 Å². The van der Waals surface area contributed by atoms with E-state index >= 15 is 0 Å². The van der Waals surface area contributed by atoms with Gasteiger partial charge in [0.1, 0.15) is 5.75 Å². The van der Waals surface area contributed by atoms with E-state index < -0.39 is 5.91 Å². The first kappa shape index (κ1) is 20.7. The van der Waals surface area contributed by atoms with Gasteiger partial charge in [-0.3, -0.25) is 13.9 Å². The van der Waals surface area contributed by atoms with Gasteiger partial charge in [-0.1, -0.05) is 6.07 Å². The fourth-order valence-electron chi connectivity index (χ4n) is 4.40. The van der Waals surface area contributed by atoms with Crippen molar-refractivity contribution in [3.63, 3.8) is 0 Å². The van der Waals surface area contributed by atoms with Gasteiger partial charge in [0, 0.05) is 6.04 Å². The van der Waals surface area contributed by atoms with Crippen molar-refractivity contribution >= 4 is 16.9 Å². The molecule has 0 unspecified atom stereocenters. The van der Waals surface area contributed by atoms with Crippen molar-refractivity contribution in [2.75, 3.05) is 7.11 Å². The van der Waals surface area contributed by atoms with E-state index in [-0.39, 0.29) is 29.9 Å². The van der Waals surface area contributed by atoms with Gasteiger partial charge in [-0.25, -0.2) is 4.79 Å². The third-order valence-corrected chi connectivity index (χ3v) is 5.99. The molecule has 1 aliphatic rings. The number of hydrogen-bond donors (Lipinski definition) is 2. The van der Waals surface area contributed by atoms with Crippen LogP contribution in [0.15, 0.2) is 41.2 Å². The highest BCUT2D eigenvalue weighted by Crippen LogP contribution is 2.31. The van der Waals surface area contributed by atoms with E-state index in [0.29, 0.717) is 42.5 Å². The molecule has 1 heterocycles. The van der Waals surface area contributed by atoms with Gasteiger partial charge in [-0.15, -0.1) is 0 Å². The maximum Gasteiger partial charge on any atom is 0.329 e. The molecular formula is C23H24N4O4. The molecule has 2 aromatic carbocycles. The molecule has 0 spiro atoms. The van der Waals surface area contributed by atoms with Crippen LogP contribution in [0, 0.1) is 11.3 Å². The summed E-state index contributed by atoms with van der Waals surface area (Å²) in [4.78, 5) is 25.3. The zero-order chi connectivity index (χ0) is 22.1. The molecule has 1 saturated carbocycles. The Morgan fingerprint density at radius 1 is 1.19 bits per heavy atom. The number of primary amides is 1. The number of hydrogen-bond acceptors (Lipinski definition) is 5. The summed E-state index contributed by atoms with van der Waals surface area (Å²) in [6.45, 7) is 0.219. The second-order valence-electron chi connectivity index (χ2n) is 7.92. The number of aliphatic hydroxyl groups is 1. The Balaban J connectivity index is 1.83. The van der Waals surface area contributed by atoms with Gasteiger partial charge >= 0.3 is 5.69 Å².